The van der Waals surface area contributed by atoms with Crippen LogP contribution in [0.15, 0.2) is 59.5 Å². The van der Waals surface area contributed by atoms with Crippen LogP contribution in [0.5, 0.6) is 5.88 Å². The van der Waals surface area contributed by atoms with Crippen molar-refractivity contribution in [3.63, 3.8) is 0 Å². The summed E-state index contributed by atoms with van der Waals surface area (Å²) in [7, 11) is -4.03. The molecule has 0 bridgehead atoms. The highest BCUT2D eigenvalue weighted by Gasteiger charge is 2.39. The molecule has 3 aromatic rings. The molecule has 2 atom stereocenters. The minimum atomic E-state index is -4.03. The van der Waals surface area contributed by atoms with Gasteiger partial charge in [-0.15, -0.1) is 6.42 Å². The third kappa shape index (κ3) is 11.5. The average Bonchev–Trinajstić information content (AvgIpc) is 3.34. The predicted molar refractivity (Wildman–Crippen MR) is 199 cm³/mol. The minimum Gasteiger partial charge on any atom is -0.493 e. The molecule has 0 fully saturated rings. The number of hydrogen-bond donors (Lipinski definition) is 3. The number of halogens is 1. The fourth-order valence-electron chi connectivity index (χ4n) is 4.36. The summed E-state index contributed by atoms with van der Waals surface area (Å²) in [6.07, 6.45) is 6.09. The average molecular weight is 735 g/mol. The second-order valence-electron chi connectivity index (χ2n) is 12.0. The van der Waals surface area contributed by atoms with Crippen LogP contribution < -0.4 is 16.3 Å². The van der Waals surface area contributed by atoms with E-state index in [-0.39, 0.29) is 22.9 Å². The number of ketones is 1. The molecule has 1 aromatic heterocycles. The van der Waals surface area contributed by atoms with Crippen molar-refractivity contribution in [2.45, 2.75) is 40.3 Å². The number of aromatic nitrogens is 2. The zero-order chi connectivity index (χ0) is 38.5. The summed E-state index contributed by atoms with van der Waals surface area (Å²) in [5.74, 6) is 18.3. The van der Waals surface area contributed by atoms with E-state index in [9.17, 15) is 32.7 Å². The Balaban J connectivity index is 1.79. The lowest BCUT2D eigenvalue weighted by Crippen LogP contribution is -2.43. The SMILES string of the molecule is C#CC#CC#CC#CC#CC#CS(=O)(=O)CC(C)C(=O)Nc1ccc(Cl)c(NC(=O)C(C(=O)C(C)(C)C)n2c(O)cn(Cc3ccccc3)c2=O)c1. The molecule has 262 valence electrons. The van der Waals surface area contributed by atoms with Crippen molar-refractivity contribution in [2.24, 2.45) is 11.3 Å². The highest BCUT2D eigenvalue weighted by atomic mass is 35.5. The van der Waals surface area contributed by atoms with E-state index in [1.165, 1.54) is 29.7 Å². The number of aromatic hydroxyl groups is 1. The van der Waals surface area contributed by atoms with Crippen LogP contribution in [-0.2, 0) is 30.8 Å². The molecule has 0 aliphatic heterocycles. The zero-order valence-corrected chi connectivity index (χ0v) is 30.0. The molecule has 0 saturated carbocycles. The highest BCUT2D eigenvalue weighted by Crippen LogP contribution is 2.30. The van der Waals surface area contributed by atoms with Gasteiger partial charge in [-0.3, -0.25) is 19.0 Å². The van der Waals surface area contributed by atoms with Crippen molar-refractivity contribution in [1.29, 1.82) is 0 Å². The number of sulfone groups is 1. The molecular weight excluding hydrogens is 704 g/mol. The van der Waals surface area contributed by atoms with Gasteiger partial charge >= 0.3 is 5.69 Å². The van der Waals surface area contributed by atoms with E-state index in [1.54, 1.807) is 45.0 Å². The van der Waals surface area contributed by atoms with Gasteiger partial charge < -0.3 is 15.7 Å². The summed E-state index contributed by atoms with van der Waals surface area (Å²) < 4.78 is 26.8. The normalized spacial score (nSPS) is 11.3. The van der Waals surface area contributed by atoms with Crippen LogP contribution in [0.3, 0.4) is 0 Å². The topological polar surface area (TPSA) is 157 Å². The van der Waals surface area contributed by atoms with Gasteiger partial charge in [-0.1, -0.05) is 69.6 Å². The molecule has 0 spiro atoms. The van der Waals surface area contributed by atoms with Crippen LogP contribution in [-0.4, -0.2) is 46.0 Å². The van der Waals surface area contributed by atoms with Crippen LogP contribution in [0, 0.1) is 82.2 Å². The van der Waals surface area contributed by atoms with Crippen LogP contribution in [0.2, 0.25) is 5.02 Å². The monoisotopic (exact) mass is 734 g/mol. The third-order valence-corrected chi connectivity index (χ3v) is 8.53. The maximum Gasteiger partial charge on any atom is 0.332 e. The first-order valence-corrected chi connectivity index (χ1v) is 17.3. The molecule has 3 rings (SSSR count). The van der Waals surface area contributed by atoms with Crippen molar-refractivity contribution < 1.29 is 27.9 Å². The first-order valence-electron chi connectivity index (χ1n) is 15.2. The van der Waals surface area contributed by atoms with Gasteiger partial charge in [0.15, 0.2) is 11.8 Å². The van der Waals surface area contributed by atoms with Crippen molar-refractivity contribution in [3.05, 3.63) is 75.8 Å². The number of rotatable bonds is 10. The second-order valence-corrected chi connectivity index (χ2v) is 14.2. The predicted octanol–water partition coefficient (Wildman–Crippen LogP) is 3.45. The molecule has 0 saturated heterocycles. The Morgan fingerprint density at radius 3 is 2.10 bits per heavy atom. The molecule has 0 aliphatic rings. The maximum atomic E-state index is 13.8. The van der Waals surface area contributed by atoms with E-state index in [2.05, 4.69) is 69.8 Å². The van der Waals surface area contributed by atoms with Crippen molar-refractivity contribution in [2.75, 3.05) is 16.4 Å². The lowest BCUT2D eigenvalue weighted by Gasteiger charge is -2.25. The number of Topliss-reactive ketones (excluding diaryl/α,β-unsaturated/α-hetero) is 1. The number of carbonyl (C=O) groups excluding carboxylic acids is 3. The summed E-state index contributed by atoms with van der Waals surface area (Å²) in [4.78, 5) is 53.7. The van der Waals surface area contributed by atoms with Crippen LogP contribution >= 0.6 is 11.6 Å². The first kappa shape index (κ1) is 39.9. The van der Waals surface area contributed by atoms with Crippen LogP contribution in [0.1, 0.15) is 39.3 Å². The van der Waals surface area contributed by atoms with E-state index >= 15 is 0 Å². The number of hydrogen-bond acceptors (Lipinski definition) is 7. The van der Waals surface area contributed by atoms with E-state index in [4.69, 9.17) is 18.0 Å². The Bertz CT molecular complexity index is 2430. The second kappa shape index (κ2) is 17.9. The van der Waals surface area contributed by atoms with Gasteiger partial charge in [-0.05, 0) is 71.1 Å². The molecule has 2 amide bonds. The third-order valence-electron chi connectivity index (χ3n) is 6.85. The number of imidazole rings is 1. The quantitative estimate of drug-likeness (QED) is 0.164. The summed E-state index contributed by atoms with van der Waals surface area (Å²) >= 11 is 6.35. The fraction of sp³-hybridized carbons (Fsp3) is 0.231. The van der Waals surface area contributed by atoms with E-state index in [1.807, 2.05) is 11.3 Å². The lowest BCUT2D eigenvalue weighted by atomic mass is 9.86. The molecule has 13 heteroatoms. The van der Waals surface area contributed by atoms with Crippen molar-refractivity contribution >= 4 is 50.4 Å². The first-order chi connectivity index (χ1) is 24.5. The standard InChI is InChI=1S/C39H31ClN4O7S/c1-6-7-8-9-10-11-12-13-14-18-23-52(50,51)27-28(2)36(47)41-30-21-22-31(40)32(24-30)42-37(48)34(35(46)39(3,4)5)44-33(45)26-43(38(44)49)25-29-19-16-15-17-20-29/h1,15-17,19-22,24,26,28,34,45H,25,27H2,2-5H3,(H,41,47)(H,42,48). The Hall–Kier alpha value is -6.54. The van der Waals surface area contributed by atoms with E-state index < -0.39 is 62.1 Å². The zero-order valence-electron chi connectivity index (χ0n) is 28.4. The van der Waals surface area contributed by atoms with E-state index in [0.717, 1.165) is 11.8 Å². The van der Waals surface area contributed by atoms with Gasteiger partial charge in [0.2, 0.25) is 21.6 Å². The Labute approximate surface area is 307 Å². The van der Waals surface area contributed by atoms with Crippen molar-refractivity contribution in [1.82, 2.24) is 9.13 Å². The van der Waals surface area contributed by atoms with Crippen LogP contribution in [0.4, 0.5) is 11.4 Å². The molecule has 3 N–H and O–H groups in total. The smallest absolute Gasteiger partial charge is 0.332 e. The van der Waals surface area contributed by atoms with Gasteiger partial charge in [0.05, 0.1) is 35.1 Å². The van der Waals surface area contributed by atoms with Gasteiger partial charge in [0.25, 0.3) is 5.91 Å². The van der Waals surface area contributed by atoms with E-state index in [0.29, 0.717) is 4.57 Å². The fourth-order valence-corrected chi connectivity index (χ4v) is 5.63. The lowest BCUT2D eigenvalue weighted by molar-refractivity contribution is -0.135. The highest BCUT2D eigenvalue weighted by molar-refractivity contribution is 7.96. The molecule has 11 nitrogen and oxygen atoms in total. The molecular formula is C39H31ClN4O7S. The molecule has 0 radical (unpaired) electrons. The maximum absolute atomic E-state index is 13.8. The largest absolute Gasteiger partial charge is 0.493 e. The molecule has 2 unspecified atom stereocenters. The Morgan fingerprint density at radius 2 is 1.50 bits per heavy atom. The number of terminal acetylenes is 1. The Kier molecular flexibility index (Phi) is 13.7. The molecule has 2 aromatic carbocycles. The summed E-state index contributed by atoms with van der Waals surface area (Å²) in [6, 6.07) is 11.2. The number of amides is 2. The number of nitrogens with zero attached hydrogens (tertiary/aromatic N) is 2. The number of nitrogens with one attached hydrogen (secondary N) is 2. The summed E-state index contributed by atoms with van der Waals surface area (Å²) in [5, 5.41) is 17.9. The minimum absolute atomic E-state index is 0.0211. The van der Waals surface area contributed by atoms with Gasteiger partial charge in [-0.2, -0.15) is 0 Å². The summed E-state index contributed by atoms with van der Waals surface area (Å²) in [5.41, 5.74) is -1.08. The van der Waals surface area contributed by atoms with Crippen LogP contribution in [0.25, 0.3) is 0 Å². The molecule has 52 heavy (non-hydrogen) atoms. The van der Waals surface area contributed by atoms with Gasteiger partial charge in [0.1, 0.15) is 0 Å². The number of carbonyl (C=O) groups is 3. The molecule has 1 heterocycles. The number of anilines is 2. The van der Waals surface area contributed by atoms with Crippen molar-refractivity contribution in [3.8, 4) is 76.8 Å². The summed E-state index contributed by atoms with van der Waals surface area (Å²) in [6.45, 7) is 6.15. The van der Waals surface area contributed by atoms with Gasteiger partial charge in [-0.25, -0.2) is 17.8 Å². The number of benzene rings is 2. The Morgan fingerprint density at radius 1 is 0.904 bits per heavy atom. The van der Waals surface area contributed by atoms with Gasteiger partial charge in [0, 0.05) is 28.2 Å². The molecule has 0 aliphatic carbocycles.